The number of hydrogen-bond donors (Lipinski definition) is 1. The van der Waals surface area contributed by atoms with Crippen molar-refractivity contribution in [2.75, 3.05) is 31.6 Å². The average molecular weight is 325 g/mol. The first kappa shape index (κ1) is 19.6. The summed E-state index contributed by atoms with van der Waals surface area (Å²) in [6.07, 6.45) is 2.87. The van der Waals surface area contributed by atoms with Gasteiger partial charge in [-0.15, -0.1) is 0 Å². The quantitative estimate of drug-likeness (QED) is 0.633. The van der Waals surface area contributed by atoms with Crippen molar-refractivity contribution in [1.29, 1.82) is 0 Å². The molecule has 6 heteroatoms. The van der Waals surface area contributed by atoms with Gasteiger partial charge in [-0.1, -0.05) is 32.3 Å². The molecule has 1 N–H and O–H groups in total. The van der Waals surface area contributed by atoms with E-state index >= 15 is 0 Å². The predicted molar refractivity (Wildman–Crippen MR) is 91.7 cm³/mol. The van der Waals surface area contributed by atoms with Crippen LogP contribution < -0.4 is 5.32 Å². The van der Waals surface area contributed by atoms with Crippen molar-refractivity contribution in [2.24, 2.45) is 0 Å². The van der Waals surface area contributed by atoms with Crippen LogP contribution in [0.5, 0.6) is 0 Å². The minimum absolute atomic E-state index is 0.0713. The molecule has 1 aromatic rings. The van der Waals surface area contributed by atoms with Crippen molar-refractivity contribution >= 4 is 11.8 Å². The van der Waals surface area contributed by atoms with Gasteiger partial charge in [-0.05, 0) is 33.4 Å². The molecule has 0 fully saturated rings. The van der Waals surface area contributed by atoms with E-state index in [2.05, 4.69) is 22.3 Å². The minimum atomic E-state index is -0.205. The Bertz CT molecular complexity index is 470. The highest BCUT2D eigenvalue weighted by Crippen LogP contribution is 2.20. The van der Waals surface area contributed by atoms with E-state index in [9.17, 15) is 4.79 Å². The van der Waals surface area contributed by atoms with Crippen molar-refractivity contribution in [3.63, 3.8) is 0 Å². The normalized spacial score (nSPS) is 12.6. The fourth-order valence-corrected chi connectivity index (χ4v) is 2.46. The second-order valence-corrected chi connectivity index (χ2v) is 5.68. The average Bonchev–Trinajstić information content (AvgIpc) is 2.88. The number of unbranched alkanes of at least 4 members (excludes halogenated alkanes) is 1. The molecule has 23 heavy (non-hydrogen) atoms. The number of aromatic nitrogens is 1. The molecule has 1 unspecified atom stereocenters. The number of amides is 1. The van der Waals surface area contributed by atoms with Crippen molar-refractivity contribution in [2.45, 2.75) is 59.9 Å². The Balaban J connectivity index is 2.61. The van der Waals surface area contributed by atoms with E-state index in [1.165, 1.54) is 0 Å². The number of rotatable bonds is 11. The van der Waals surface area contributed by atoms with Crippen molar-refractivity contribution < 1.29 is 14.1 Å². The maximum Gasteiger partial charge on any atom is 0.243 e. The second-order valence-electron chi connectivity index (χ2n) is 5.68. The summed E-state index contributed by atoms with van der Waals surface area (Å²) in [5.41, 5.74) is 1.72. The molecule has 1 heterocycles. The van der Waals surface area contributed by atoms with Crippen molar-refractivity contribution in [3.05, 3.63) is 11.3 Å². The topological polar surface area (TPSA) is 67.6 Å². The lowest BCUT2D eigenvalue weighted by molar-refractivity contribution is -0.120. The van der Waals surface area contributed by atoms with E-state index in [0.717, 1.165) is 43.8 Å². The number of nitrogens with one attached hydrogen (secondary N) is 1. The number of aryl methyl sites for hydroxylation is 1. The van der Waals surface area contributed by atoms with Crippen LogP contribution in [0.25, 0.3) is 0 Å². The number of likely N-dealkylation sites (N-methyl/N-ethyl adjacent to an activating group) is 1. The zero-order valence-corrected chi connectivity index (χ0v) is 15.1. The molecule has 1 atom stereocenters. The van der Waals surface area contributed by atoms with Crippen LogP contribution in [-0.4, -0.2) is 48.3 Å². The molecule has 1 rings (SSSR count). The molecule has 0 radical (unpaired) electrons. The summed E-state index contributed by atoms with van der Waals surface area (Å²) in [4.78, 5) is 14.5. The summed E-state index contributed by atoms with van der Waals surface area (Å²) in [6.45, 7) is 13.1. The van der Waals surface area contributed by atoms with Crippen LogP contribution in [-0.2, 0) is 16.0 Å². The summed E-state index contributed by atoms with van der Waals surface area (Å²) in [5.74, 6) is 0.378. The van der Waals surface area contributed by atoms with E-state index in [4.69, 9.17) is 9.26 Å². The van der Waals surface area contributed by atoms with Gasteiger partial charge in [0.25, 0.3) is 0 Å². The molecule has 0 aliphatic heterocycles. The van der Waals surface area contributed by atoms with Crippen LogP contribution in [0, 0.1) is 6.92 Å². The molecule has 1 aromatic heterocycles. The van der Waals surface area contributed by atoms with E-state index in [0.29, 0.717) is 18.9 Å². The Labute approximate surface area is 139 Å². The largest absolute Gasteiger partial charge is 0.381 e. The van der Waals surface area contributed by atoms with E-state index in [-0.39, 0.29) is 11.9 Å². The highest BCUT2D eigenvalue weighted by atomic mass is 16.5. The van der Waals surface area contributed by atoms with Gasteiger partial charge in [0.1, 0.15) is 0 Å². The van der Waals surface area contributed by atoms with E-state index in [1.54, 1.807) is 0 Å². The van der Waals surface area contributed by atoms with Gasteiger partial charge < -0.3 is 9.26 Å². The van der Waals surface area contributed by atoms with Gasteiger partial charge in [0.15, 0.2) is 0 Å². The summed E-state index contributed by atoms with van der Waals surface area (Å²) in [6, 6.07) is -0.205. The van der Waals surface area contributed by atoms with Gasteiger partial charge in [-0.2, -0.15) is 0 Å². The molecule has 0 spiro atoms. The highest BCUT2D eigenvalue weighted by molar-refractivity contribution is 5.94. The molecule has 6 nitrogen and oxygen atoms in total. The van der Waals surface area contributed by atoms with Gasteiger partial charge in [0, 0.05) is 18.6 Å². The summed E-state index contributed by atoms with van der Waals surface area (Å²) in [7, 11) is 0. The first-order chi connectivity index (χ1) is 11.0. The molecule has 0 aromatic carbocycles. The molecule has 0 saturated heterocycles. The van der Waals surface area contributed by atoms with Gasteiger partial charge in [-0.25, -0.2) is 0 Å². The lowest BCUT2D eigenvalue weighted by atomic mass is 10.2. The van der Waals surface area contributed by atoms with E-state index < -0.39 is 0 Å². The van der Waals surface area contributed by atoms with Gasteiger partial charge in [0.2, 0.25) is 11.8 Å². The third-order valence-electron chi connectivity index (χ3n) is 4.10. The first-order valence-electron chi connectivity index (χ1n) is 8.62. The van der Waals surface area contributed by atoms with Crippen LogP contribution in [0.2, 0.25) is 0 Å². The number of carbonyl (C=O) groups excluding carboxylic acids is 1. The number of ether oxygens (including phenoxy) is 1. The number of hydrogen-bond acceptors (Lipinski definition) is 5. The molecular formula is C17H31N3O3. The molecule has 132 valence electrons. The zero-order chi connectivity index (χ0) is 17.2. The van der Waals surface area contributed by atoms with Crippen LogP contribution in [0.3, 0.4) is 0 Å². The minimum Gasteiger partial charge on any atom is -0.381 e. The summed E-state index contributed by atoms with van der Waals surface area (Å²) < 4.78 is 10.9. The fourth-order valence-electron chi connectivity index (χ4n) is 2.46. The smallest absolute Gasteiger partial charge is 0.243 e. The Hall–Kier alpha value is -1.40. The number of anilines is 1. The third kappa shape index (κ3) is 5.95. The van der Waals surface area contributed by atoms with Crippen LogP contribution in [0.1, 0.15) is 51.8 Å². The lowest BCUT2D eigenvalue weighted by Crippen LogP contribution is -2.41. The van der Waals surface area contributed by atoms with Crippen LogP contribution in [0.15, 0.2) is 4.52 Å². The summed E-state index contributed by atoms with van der Waals surface area (Å²) in [5, 5.41) is 6.84. The van der Waals surface area contributed by atoms with Crippen LogP contribution >= 0.6 is 0 Å². The van der Waals surface area contributed by atoms with Crippen LogP contribution in [0.4, 0.5) is 5.88 Å². The second kappa shape index (κ2) is 10.4. The Morgan fingerprint density at radius 2 is 2.00 bits per heavy atom. The molecule has 0 aliphatic rings. The molecule has 0 saturated carbocycles. The maximum absolute atomic E-state index is 12.4. The molecule has 1 amide bonds. The predicted octanol–water partition coefficient (Wildman–Crippen LogP) is 3.01. The summed E-state index contributed by atoms with van der Waals surface area (Å²) >= 11 is 0. The highest BCUT2D eigenvalue weighted by Gasteiger charge is 2.22. The number of nitrogens with zero attached hydrogens (tertiary/aromatic N) is 2. The zero-order valence-electron chi connectivity index (χ0n) is 15.1. The molecule has 0 bridgehead atoms. The first-order valence-corrected chi connectivity index (χ1v) is 8.62. The SMILES string of the molecule is CCCCOCCc1c(C)noc1NC(=O)C(C)N(CC)CC. The van der Waals surface area contributed by atoms with Gasteiger partial charge >= 0.3 is 0 Å². The Morgan fingerprint density at radius 3 is 2.61 bits per heavy atom. The van der Waals surface area contributed by atoms with E-state index in [1.807, 2.05) is 27.7 Å². The molecular weight excluding hydrogens is 294 g/mol. The third-order valence-corrected chi connectivity index (χ3v) is 4.10. The Kier molecular flexibility index (Phi) is 8.87. The maximum atomic E-state index is 12.4. The van der Waals surface area contributed by atoms with Gasteiger partial charge in [0.05, 0.1) is 18.3 Å². The monoisotopic (exact) mass is 325 g/mol. The van der Waals surface area contributed by atoms with Crippen molar-refractivity contribution in [1.82, 2.24) is 10.1 Å². The van der Waals surface area contributed by atoms with Gasteiger partial charge in [-0.3, -0.25) is 15.0 Å². The standard InChI is InChI=1S/C17H31N3O3/c1-6-9-11-22-12-10-15-13(4)19-23-17(15)18-16(21)14(5)20(7-2)8-3/h14H,6-12H2,1-5H3,(H,18,21). The molecule has 0 aliphatic carbocycles. The van der Waals surface area contributed by atoms with Crippen molar-refractivity contribution in [3.8, 4) is 0 Å². The fraction of sp³-hybridized carbons (Fsp3) is 0.765. The Morgan fingerprint density at radius 1 is 1.30 bits per heavy atom. The number of carbonyl (C=O) groups is 1. The lowest BCUT2D eigenvalue weighted by Gasteiger charge is -2.24.